The van der Waals surface area contributed by atoms with Crippen molar-refractivity contribution < 1.29 is 13.9 Å². The van der Waals surface area contributed by atoms with Gasteiger partial charge < -0.3 is 30.2 Å². The number of piperidine rings is 1. The summed E-state index contributed by atoms with van der Waals surface area (Å²) >= 11 is 0. The van der Waals surface area contributed by atoms with Crippen LogP contribution in [0.3, 0.4) is 0 Å². The highest BCUT2D eigenvalue weighted by atomic mass is 19.1. The second kappa shape index (κ2) is 9.54. The number of fused-ring (bicyclic) bond motifs is 4. The molecule has 10 heteroatoms. The first-order chi connectivity index (χ1) is 20.8. The van der Waals surface area contributed by atoms with E-state index in [1.807, 2.05) is 40.8 Å². The van der Waals surface area contributed by atoms with Crippen molar-refractivity contribution in [3.8, 4) is 28.5 Å². The summed E-state index contributed by atoms with van der Waals surface area (Å²) in [5.41, 5.74) is 17.4. The maximum atomic E-state index is 14.3. The number of anilines is 1. The molecule has 1 aliphatic heterocycles. The maximum Gasteiger partial charge on any atom is 0.254 e. The van der Waals surface area contributed by atoms with Gasteiger partial charge in [0.15, 0.2) is 5.82 Å². The molecular weight excluding hydrogens is 545 g/mol. The van der Waals surface area contributed by atoms with Gasteiger partial charge in [0.1, 0.15) is 22.7 Å². The molecule has 2 aliphatic carbocycles. The lowest BCUT2D eigenvalue weighted by atomic mass is 10.1. The van der Waals surface area contributed by atoms with Crippen molar-refractivity contribution >= 4 is 33.7 Å². The van der Waals surface area contributed by atoms with Crippen LogP contribution in [0.1, 0.15) is 36.0 Å². The van der Waals surface area contributed by atoms with Crippen LogP contribution in [-0.2, 0) is 13.6 Å². The maximum absolute atomic E-state index is 14.3. The van der Waals surface area contributed by atoms with Crippen molar-refractivity contribution in [3.63, 3.8) is 0 Å². The number of rotatable bonds is 6. The summed E-state index contributed by atoms with van der Waals surface area (Å²) in [6.45, 7) is 1.52. The van der Waals surface area contributed by atoms with E-state index in [2.05, 4.69) is 10.6 Å². The Hall–Kier alpha value is -4.44. The highest BCUT2D eigenvalue weighted by molar-refractivity contribution is 6.00. The number of nitrogens with zero attached hydrogens (tertiary/aromatic N) is 5. The van der Waals surface area contributed by atoms with Gasteiger partial charge in [-0.1, -0.05) is 6.07 Å². The van der Waals surface area contributed by atoms with Crippen molar-refractivity contribution in [2.24, 2.45) is 24.6 Å². The lowest BCUT2D eigenvalue weighted by Gasteiger charge is -2.27. The fourth-order valence-electron chi connectivity index (χ4n) is 7.17. The Bertz CT molecular complexity index is 1940. The molecule has 9 nitrogen and oxygen atoms in total. The van der Waals surface area contributed by atoms with E-state index < -0.39 is 5.82 Å². The normalized spacial score (nSPS) is 21.4. The fourth-order valence-corrected chi connectivity index (χ4v) is 7.17. The van der Waals surface area contributed by atoms with Gasteiger partial charge in [0.05, 0.1) is 29.7 Å². The van der Waals surface area contributed by atoms with Gasteiger partial charge in [-0.25, -0.2) is 14.4 Å². The van der Waals surface area contributed by atoms with Gasteiger partial charge in [-0.3, -0.25) is 4.79 Å². The average molecular weight is 580 g/mol. The van der Waals surface area contributed by atoms with Crippen molar-refractivity contribution in [1.29, 1.82) is 0 Å². The topological polar surface area (TPSA) is 117 Å². The summed E-state index contributed by atoms with van der Waals surface area (Å²) in [4.78, 5) is 25.7. The van der Waals surface area contributed by atoms with Gasteiger partial charge in [-0.05, 0) is 80.0 Å². The highest BCUT2D eigenvalue weighted by Gasteiger charge is 2.47. The number of benzene rings is 2. The van der Waals surface area contributed by atoms with Crippen LogP contribution in [0.2, 0.25) is 0 Å². The molecule has 1 saturated heterocycles. The van der Waals surface area contributed by atoms with Crippen LogP contribution in [0, 0.1) is 17.7 Å². The van der Waals surface area contributed by atoms with E-state index in [4.69, 9.17) is 26.2 Å². The van der Waals surface area contributed by atoms with Crippen LogP contribution in [-0.4, -0.2) is 55.6 Å². The van der Waals surface area contributed by atoms with E-state index in [1.165, 1.54) is 18.9 Å². The molecule has 0 radical (unpaired) electrons. The zero-order valence-corrected chi connectivity index (χ0v) is 24.3. The van der Waals surface area contributed by atoms with Crippen molar-refractivity contribution in [3.05, 3.63) is 59.9 Å². The highest BCUT2D eigenvalue weighted by Crippen LogP contribution is 2.40. The summed E-state index contributed by atoms with van der Waals surface area (Å²) < 4.78 is 24.4. The first-order valence-electron chi connectivity index (χ1n) is 15.0. The second-order valence-corrected chi connectivity index (χ2v) is 12.4. The minimum absolute atomic E-state index is 0.0197. The number of nitrogens with two attached hydrogens (primary N) is 2. The zero-order chi connectivity index (χ0) is 29.6. The Labute approximate surface area is 248 Å². The van der Waals surface area contributed by atoms with E-state index in [0.717, 1.165) is 47.5 Å². The summed E-state index contributed by atoms with van der Waals surface area (Å²) in [5, 5.41) is 0.977. The van der Waals surface area contributed by atoms with Crippen molar-refractivity contribution in [2.45, 2.75) is 44.3 Å². The number of amides is 1. The molecule has 2 saturated carbocycles. The lowest BCUT2D eigenvalue weighted by molar-refractivity contribution is 0.0700. The zero-order valence-electron chi connectivity index (χ0n) is 24.3. The summed E-state index contributed by atoms with van der Waals surface area (Å²) in [5.74, 6) is 1.84. The first kappa shape index (κ1) is 26.2. The van der Waals surface area contributed by atoms with E-state index in [9.17, 15) is 9.18 Å². The van der Waals surface area contributed by atoms with Crippen LogP contribution >= 0.6 is 0 Å². The van der Waals surface area contributed by atoms with Crippen molar-refractivity contribution in [2.75, 3.05) is 19.4 Å². The molecule has 3 atom stereocenters. The minimum atomic E-state index is -0.458. The third kappa shape index (κ3) is 4.11. The van der Waals surface area contributed by atoms with E-state index in [0.29, 0.717) is 46.5 Å². The second-order valence-electron chi connectivity index (χ2n) is 12.4. The predicted molar refractivity (Wildman–Crippen MR) is 164 cm³/mol. The predicted octanol–water partition coefficient (Wildman–Crippen LogP) is 4.96. The molecule has 3 aromatic heterocycles. The van der Waals surface area contributed by atoms with Gasteiger partial charge in [-0.15, -0.1) is 0 Å². The average Bonchev–Trinajstić information content (AvgIpc) is 3.42. The third-order valence-corrected chi connectivity index (χ3v) is 9.72. The molecule has 4 heterocycles. The number of methoxy groups -OCH3 is 1. The number of likely N-dealkylation sites (tertiary alicyclic amines) is 1. The molecule has 5 aromatic rings. The number of carbonyl (C=O) groups excluding carboxylic acids is 1. The number of hydrogen-bond donors (Lipinski definition) is 2. The van der Waals surface area contributed by atoms with E-state index in [-0.39, 0.29) is 23.7 Å². The molecule has 0 spiro atoms. The van der Waals surface area contributed by atoms with Crippen molar-refractivity contribution in [1.82, 2.24) is 24.0 Å². The monoisotopic (exact) mass is 579 g/mol. The number of nitrogen functional groups attached to an aromatic ring is 1. The van der Waals surface area contributed by atoms with Gasteiger partial charge in [-0.2, -0.15) is 0 Å². The Balaban J connectivity index is 1.24. The van der Waals surface area contributed by atoms with Crippen LogP contribution in [0.5, 0.6) is 5.75 Å². The molecule has 220 valence electrons. The third-order valence-electron chi connectivity index (χ3n) is 9.72. The number of halogens is 1. The molecule has 43 heavy (non-hydrogen) atoms. The van der Waals surface area contributed by atoms with Crippen LogP contribution in [0.25, 0.3) is 44.8 Å². The number of imidazole rings is 1. The number of aromatic nitrogens is 4. The molecule has 8 rings (SSSR count). The standard InChI is InChI=1S/C33H34FN7O2/c1-39-30-25(12-21(14-28(30)43-2)33(42)41-16-20-7-10-26(41)29(20)36)38-32(39)27-13-19-6-9-24(18-5-8-23(35)22(34)11-18)37-31(19)40(27)15-17-3-4-17/h5-6,8-9,11-14,17,20,26,29H,3-4,7,10,15-16,35-36H2,1-2H3/t20-,26-,29-/m1/s1. The Kier molecular flexibility index (Phi) is 5.81. The Morgan fingerprint density at radius 1 is 1.07 bits per heavy atom. The quantitative estimate of drug-likeness (QED) is 0.275. The SMILES string of the molecule is COc1cc(C(=O)N2C[C@H]3CC[C@@H]2[C@@H]3N)cc2nc(-c3cc4ccc(-c5ccc(N)c(F)c5)nc4n3CC3CC3)n(C)c12. The van der Waals surface area contributed by atoms with Gasteiger partial charge in [0, 0.05) is 48.7 Å². The smallest absolute Gasteiger partial charge is 0.254 e. The lowest BCUT2D eigenvalue weighted by Crippen LogP contribution is -2.41. The van der Waals surface area contributed by atoms with Crippen LogP contribution in [0.15, 0.2) is 48.5 Å². The summed E-state index contributed by atoms with van der Waals surface area (Å²) in [6.07, 6.45) is 4.39. The minimum Gasteiger partial charge on any atom is -0.494 e. The van der Waals surface area contributed by atoms with Gasteiger partial charge in [0.25, 0.3) is 5.91 Å². The molecule has 3 fully saturated rings. The number of aryl methyl sites for hydroxylation is 1. The fraction of sp³-hybridized carbons (Fsp3) is 0.364. The molecular formula is C33H34FN7O2. The number of ether oxygens (including phenoxy) is 1. The van der Waals surface area contributed by atoms with Gasteiger partial charge >= 0.3 is 0 Å². The summed E-state index contributed by atoms with van der Waals surface area (Å²) in [6, 6.07) is 14.7. The molecule has 0 unspecified atom stereocenters. The molecule has 4 N–H and O–H groups in total. The first-order valence-corrected chi connectivity index (χ1v) is 15.0. The van der Waals surface area contributed by atoms with Gasteiger partial charge in [0.2, 0.25) is 0 Å². The number of carbonyl (C=O) groups is 1. The largest absolute Gasteiger partial charge is 0.494 e. The molecule has 2 aromatic carbocycles. The molecule has 3 aliphatic rings. The molecule has 1 amide bonds. The molecule has 2 bridgehead atoms. The number of pyridine rings is 1. The van der Waals surface area contributed by atoms with Crippen LogP contribution < -0.4 is 16.2 Å². The Morgan fingerprint density at radius 2 is 1.91 bits per heavy atom. The number of hydrogen-bond acceptors (Lipinski definition) is 6. The van der Waals surface area contributed by atoms with E-state index in [1.54, 1.807) is 19.2 Å². The summed E-state index contributed by atoms with van der Waals surface area (Å²) in [7, 11) is 3.60. The van der Waals surface area contributed by atoms with E-state index >= 15 is 0 Å². The van der Waals surface area contributed by atoms with Crippen LogP contribution in [0.4, 0.5) is 10.1 Å². The Morgan fingerprint density at radius 3 is 2.60 bits per heavy atom.